The van der Waals surface area contributed by atoms with E-state index in [4.69, 9.17) is 0 Å². The summed E-state index contributed by atoms with van der Waals surface area (Å²) < 4.78 is 0. The van der Waals surface area contributed by atoms with Crippen molar-refractivity contribution in [1.29, 1.82) is 0 Å². The first-order valence-corrected chi connectivity index (χ1v) is 10.4. The third-order valence-electron chi connectivity index (χ3n) is 5.17. The Morgan fingerprint density at radius 3 is 2.41 bits per heavy atom. The van der Waals surface area contributed by atoms with Crippen molar-refractivity contribution in [1.82, 2.24) is 20.9 Å². The normalized spacial score (nSPS) is 18.4. The van der Waals surface area contributed by atoms with Crippen LogP contribution in [0.3, 0.4) is 0 Å². The molecular formula is C22H34N4O3. The highest BCUT2D eigenvalue weighted by Crippen LogP contribution is 2.22. The molecule has 3 amide bonds. The minimum atomic E-state index is -0.615. The van der Waals surface area contributed by atoms with Gasteiger partial charge in [-0.05, 0) is 44.7 Å². The quantitative estimate of drug-likeness (QED) is 0.585. The lowest BCUT2D eigenvalue weighted by molar-refractivity contribution is -0.141. The third-order valence-corrected chi connectivity index (χ3v) is 5.17. The van der Waals surface area contributed by atoms with Crippen LogP contribution in [0.2, 0.25) is 0 Å². The number of nitrogens with zero attached hydrogens (tertiary/aromatic N) is 1. The van der Waals surface area contributed by atoms with Crippen molar-refractivity contribution in [3.63, 3.8) is 0 Å². The Morgan fingerprint density at radius 1 is 1.10 bits per heavy atom. The topological polar surface area (TPSA) is 90.5 Å². The number of hydrogen-bond donors (Lipinski definition) is 3. The minimum absolute atomic E-state index is 0.136. The SMILES string of the molecule is CNCC(=O)N[C@@H](CC(C)C)C(=O)N1CCC[C@H]1C(=O)N[C@H](C)c1ccccc1. The molecule has 1 aromatic rings. The van der Waals surface area contributed by atoms with Gasteiger partial charge in [-0.15, -0.1) is 0 Å². The maximum Gasteiger partial charge on any atom is 0.245 e. The van der Waals surface area contributed by atoms with Crippen molar-refractivity contribution in [2.45, 2.75) is 58.2 Å². The standard InChI is InChI=1S/C22H34N4O3/c1-15(2)13-18(25-20(27)14-23-4)22(29)26-12-8-11-19(26)21(28)24-16(3)17-9-6-5-7-10-17/h5-7,9-10,15-16,18-19,23H,8,11-14H2,1-4H3,(H,24,28)(H,25,27)/t16-,18+,19+/m1/s1. The Balaban J connectivity index is 2.06. The predicted octanol–water partition coefficient (Wildman–Crippen LogP) is 1.61. The van der Waals surface area contributed by atoms with Crippen LogP contribution in [0.1, 0.15) is 51.6 Å². The van der Waals surface area contributed by atoms with E-state index in [9.17, 15) is 14.4 Å². The van der Waals surface area contributed by atoms with Crippen LogP contribution < -0.4 is 16.0 Å². The summed E-state index contributed by atoms with van der Waals surface area (Å²) in [5.41, 5.74) is 1.02. The highest BCUT2D eigenvalue weighted by molar-refractivity contribution is 5.93. The fourth-order valence-electron chi connectivity index (χ4n) is 3.74. The Kier molecular flexibility index (Phi) is 8.64. The molecule has 0 spiro atoms. The van der Waals surface area contributed by atoms with Crippen molar-refractivity contribution < 1.29 is 14.4 Å². The zero-order valence-corrected chi connectivity index (χ0v) is 17.9. The molecule has 7 heteroatoms. The van der Waals surface area contributed by atoms with Crippen LogP contribution in [-0.2, 0) is 14.4 Å². The lowest BCUT2D eigenvalue weighted by Gasteiger charge is -2.30. The molecule has 29 heavy (non-hydrogen) atoms. The highest BCUT2D eigenvalue weighted by atomic mass is 16.2. The molecule has 160 valence electrons. The van der Waals surface area contributed by atoms with Gasteiger partial charge >= 0.3 is 0 Å². The number of carbonyl (C=O) groups is 3. The number of hydrogen-bond acceptors (Lipinski definition) is 4. The van der Waals surface area contributed by atoms with Gasteiger partial charge in [0.1, 0.15) is 12.1 Å². The molecule has 3 N–H and O–H groups in total. The van der Waals surface area contributed by atoms with Gasteiger partial charge in [-0.3, -0.25) is 14.4 Å². The summed E-state index contributed by atoms with van der Waals surface area (Å²) in [5.74, 6) is -0.290. The molecule has 0 aromatic heterocycles. The molecule has 3 atom stereocenters. The van der Waals surface area contributed by atoms with Crippen LogP contribution in [0.5, 0.6) is 0 Å². The lowest BCUT2D eigenvalue weighted by Crippen LogP contribution is -2.54. The minimum Gasteiger partial charge on any atom is -0.348 e. The zero-order chi connectivity index (χ0) is 21.4. The summed E-state index contributed by atoms with van der Waals surface area (Å²) in [6.45, 7) is 6.65. The summed E-state index contributed by atoms with van der Waals surface area (Å²) in [5, 5.41) is 8.66. The summed E-state index contributed by atoms with van der Waals surface area (Å²) in [6.07, 6.45) is 1.96. The monoisotopic (exact) mass is 402 g/mol. The van der Waals surface area contributed by atoms with Gasteiger partial charge in [-0.1, -0.05) is 44.2 Å². The molecule has 1 saturated heterocycles. The van der Waals surface area contributed by atoms with Gasteiger partial charge in [0.2, 0.25) is 17.7 Å². The molecule has 0 aliphatic carbocycles. The van der Waals surface area contributed by atoms with Crippen molar-refractivity contribution >= 4 is 17.7 Å². The van der Waals surface area contributed by atoms with E-state index in [0.717, 1.165) is 12.0 Å². The molecule has 1 aromatic carbocycles. The Hall–Kier alpha value is -2.41. The van der Waals surface area contributed by atoms with E-state index in [0.29, 0.717) is 19.4 Å². The van der Waals surface area contributed by atoms with E-state index in [2.05, 4.69) is 16.0 Å². The molecular weight excluding hydrogens is 368 g/mol. The second kappa shape index (κ2) is 11.0. The molecule has 1 heterocycles. The van der Waals surface area contributed by atoms with Gasteiger partial charge in [0, 0.05) is 6.54 Å². The highest BCUT2D eigenvalue weighted by Gasteiger charge is 2.38. The van der Waals surface area contributed by atoms with Crippen LogP contribution >= 0.6 is 0 Å². The summed E-state index contributed by atoms with van der Waals surface area (Å²) in [7, 11) is 1.69. The zero-order valence-electron chi connectivity index (χ0n) is 17.9. The van der Waals surface area contributed by atoms with Gasteiger partial charge < -0.3 is 20.9 Å². The maximum absolute atomic E-state index is 13.2. The van der Waals surface area contributed by atoms with Gasteiger partial charge in [-0.25, -0.2) is 0 Å². The van der Waals surface area contributed by atoms with Gasteiger partial charge in [0.15, 0.2) is 0 Å². The van der Waals surface area contributed by atoms with E-state index in [1.165, 1.54) is 0 Å². The number of likely N-dealkylation sites (N-methyl/N-ethyl adjacent to an activating group) is 1. The number of amides is 3. The summed E-state index contributed by atoms with van der Waals surface area (Å²) in [4.78, 5) is 39.8. The first-order chi connectivity index (χ1) is 13.8. The van der Waals surface area contributed by atoms with Crippen molar-refractivity contribution in [3.8, 4) is 0 Å². The first kappa shape index (κ1) is 22.9. The van der Waals surface area contributed by atoms with Crippen LogP contribution in [-0.4, -0.2) is 54.8 Å². The molecule has 1 aliphatic heterocycles. The molecule has 0 saturated carbocycles. The smallest absolute Gasteiger partial charge is 0.245 e. The Labute approximate surface area is 173 Å². The van der Waals surface area contributed by atoms with E-state index >= 15 is 0 Å². The number of carbonyl (C=O) groups excluding carboxylic acids is 3. The van der Waals surface area contributed by atoms with Gasteiger partial charge in [0.25, 0.3) is 0 Å². The van der Waals surface area contributed by atoms with Crippen LogP contribution in [0.15, 0.2) is 30.3 Å². The average molecular weight is 403 g/mol. The van der Waals surface area contributed by atoms with Crippen LogP contribution in [0, 0.1) is 5.92 Å². The number of likely N-dealkylation sites (tertiary alicyclic amines) is 1. The molecule has 2 rings (SSSR count). The Morgan fingerprint density at radius 2 is 1.79 bits per heavy atom. The molecule has 0 bridgehead atoms. The average Bonchev–Trinajstić information content (AvgIpc) is 3.17. The van der Waals surface area contributed by atoms with Gasteiger partial charge in [0.05, 0.1) is 12.6 Å². The fourth-order valence-corrected chi connectivity index (χ4v) is 3.74. The maximum atomic E-state index is 13.2. The number of benzene rings is 1. The molecule has 1 fully saturated rings. The van der Waals surface area contributed by atoms with Crippen molar-refractivity contribution in [2.24, 2.45) is 5.92 Å². The Bertz CT molecular complexity index is 693. The predicted molar refractivity (Wildman–Crippen MR) is 113 cm³/mol. The summed E-state index contributed by atoms with van der Waals surface area (Å²) >= 11 is 0. The lowest BCUT2D eigenvalue weighted by atomic mass is 10.0. The summed E-state index contributed by atoms with van der Waals surface area (Å²) in [6, 6.07) is 8.51. The molecule has 0 unspecified atom stereocenters. The van der Waals surface area contributed by atoms with E-state index in [1.54, 1.807) is 11.9 Å². The molecule has 0 radical (unpaired) electrons. The van der Waals surface area contributed by atoms with Crippen molar-refractivity contribution in [2.75, 3.05) is 20.1 Å². The molecule has 7 nitrogen and oxygen atoms in total. The first-order valence-electron chi connectivity index (χ1n) is 10.4. The second-order valence-corrected chi connectivity index (χ2v) is 8.11. The van der Waals surface area contributed by atoms with Crippen LogP contribution in [0.25, 0.3) is 0 Å². The van der Waals surface area contributed by atoms with Crippen LogP contribution in [0.4, 0.5) is 0 Å². The van der Waals surface area contributed by atoms with Crippen molar-refractivity contribution in [3.05, 3.63) is 35.9 Å². The number of rotatable bonds is 9. The molecule has 1 aliphatic rings. The van der Waals surface area contributed by atoms with E-state index < -0.39 is 12.1 Å². The van der Waals surface area contributed by atoms with E-state index in [1.807, 2.05) is 51.1 Å². The van der Waals surface area contributed by atoms with E-state index in [-0.39, 0.29) is 36.2 Å². The number of nitrogens with one attached hydrogen (secondary N) is 3. The fraction of sp³-hybridized carbons (Fsp3) is 0.591. The second-order valence-electron chi connectivity index (χ2n) is 8.11. The third kappa shape index (κ3) is 6.56. The largest absolute Gasteiger partial charge is 0.348 e. The van der Waals surface area contributed by atoms with Gasteiger partial charge in [-0.2, -0.15) is 0 Å².